The largest absolute Gasteiger partial charge is 0.495 e. The molecule has 1 aliphatic carbocycles. The molecule has 4 aliphatic rings. The predicted molar refractivity (Wildman–Crippen MR) is 214 cm³/mol. The fourth-order valence-corrected chi connectivity index (χ4v) is 8.01. The van der Waals surface area contributed by atoms with Crippen LogP contribution in [0.1, 0.15) is 47.3 Å². The van der Waals surface area contributed by atoms with Gasteiger partial charge in [-0.3, -0.25) is 29.6 Å². The maximum Gasteiger partial charge on any atom is 0.271 e. The Bertz CT molecular complexity index is 2330. The number of pyridine rings is 1. The first-order valence-electron chi connectivity index (χ1n) is 19.3. The van der Waals surface area contributed by atoms with Crippen LogP contribution in [0.4, 0.5) is 28.6 Å². The van der Waals surface area contributed by atoms with Gasteiger partial charge in [0.1, 0.15) is 11.8 Å². The number of anilines is 5. The molecule has 1 atom stereocenters. The van der Waals surface area contributed by atoms with Gasteiger partial charge in [0.25, 0.3) is 5.91 Å². The molecule has 3 amide bonds. The van der Waals surface area contributed by atoms with Gasteiger partial charge in [-0.1, -0.05) is 12.1 Å². The molecule has 3 fully saturated rings. The molecule has 56 heavy (non-hydrogen) atoms. The lowest BCUT2D eigenvalue weighted by atomic mass is 10.0. The molecule has 6 heterocycles. The number of amides is 3. The number of hydrogen-bond acceptors (Lipinski definition) is 12. The average molecular weight is 756 g/mol. The van der Waals surface area contributed by atoms with E-state index in [0.29, 0.717) is 24.2 Å². The summed E-state index contributed by atoms with van der Waals surface area (Å²) in [6, 6.07) is 18.4. The summed E-state index contributed by atoms with van der Waals surface area (Å²) in [4.78, 5) is 53.2. The highest BCUT2D eigenvalue weighted by Crippen LogP contribution is 2.40. The van der Waals surface area contributed by atoms with E-state index in [2.05, 4.69) is 71.3 Å². The van der Waals surface area contributed by atoms with Crippen molar-refractivity contribution in [2.45, 2.75) is 50.7 Å². The van der Waals surface area contributed by atoms with Crippen molar-refractivity contribution in [3.63, 3.8) is 0 Å². The van der Waals surface area contributed by atoms with Gasteiger partial charge in [0, 0.05) is 94.0 Å². The number of nitrogens with zero attached hydrogens (tertiary/aromatic N) is 7. The lowest BCUT2D eigenvalue weighted by Gasteiger charge is -2.36. The highest BCUT2D eigenvalue weighted by Gasteiger charge is 2.30. The van der Waals surface area contributed by atoms with Crippen molar-refractivity contribution in [3.8, 4) is 17.0 Å². The van der Waals surface area contributed by atoms with Crippen LogP contribution in [0.15, 0.2) is 67.0 Å². The Kier molecular flexibility index (Phi) is 9.37. The number of piperidine rings is 1. The summed E-state index contributed by atoms with van der Waals surface area (Å²) in [6.07, 6.45) is 7.15. The number of aromatic nitrogens is 4. The van der Waals surface area contributed by atoms with E-state index in [1.165, 1.54) is 11.1 Å². The van der Waals surface area contributed by atoms with Crippen LogP contribution < -0.4 is 35.8 Å². The molecule has 2 saturated heterocycles. The first-order valence-corrected chi connectivity index (χ1v) is 19.3. The molecular weight excluding hydrogens is 711 g/mol. The van der Waals surface area contributed by atoms with Gasteiger partial charge in [0.05, 0.1) is 30.4 Å². The molecule has 3 aliphatic heterocycles. The molecule has 0 radical (unpaired) electrons. The quantitative estimate of drug-likeness (QED) is 0.144. The van der Waals surface area contributed by atoms with Crippen LogP contribution >= 0.6 is 0 Å². The number of piperazine rings is 1. The molecule has 4 N–H and O–H groups in total. The zero-order chi connectivity index (χ0) is 38.3. The van der Waals surface area contributed by atoms with Crippen molar-refractivity contribution in [2.75, 3.05) is 67.3 Å². The van der Waals surface area contributed by atoms with Gasteiger partial charge in [-0.05, 0) is 67.1 Å². The Labute approximate surface area is 324 Å². The molecule has 9 rings (SSSR count). The topological polar surface area (TPSA) is 161 Å². The minimum Gasteiger partial charge on any atom is -0.495 e. The van der Waals surface area contributed by atoms with Crippen molar-refractivity contribution < 1.29 is 19.1 Å². The van der Waals surface area contributed by atoms with Gasteiger partial charge in [-0.15, -0.1) is 5.10 Å². The van der Waals surface area contributed by atoms with Crippen LogP contribution in [0.5, 0.6) is 5.75 Å². The maximum absolute atomic E-state index is 13.0. The molecule has 5 aromatic rings. The second-order valence-corrected chi connectivity index (χ2v) is 14.8. The number of imidazole rings is 1. The van der Waals surface area contributed by atoms with Crippen molar-refractivity contribution in [1.29, 1.82) is 0 Å². The summed E-state index contributed by atoms with van der Waals surface area (Å²) < 4.78 is 7.43. The Morgan fingerprint density at radius 3 is 2.59 bits per heavy atom. The van der Waals surface area contributed by atoms with Crippen LogP contribution in [0.25, 0.3) is 16.9 Å². The zero-order valence-corrected chi connectivity index (χ0v) is 31.5. The molecule has 1 saturated carbocycles. The first-order chi connectivity index (χ1) is 27.3. The average Bonchev–Trinajstić information content (AvgIpc) is 3.75. The Balaban J connectivity index is 0.877. The van der Waals surface area contributed by atoms with Crippen LogP contribution in [0.3, 0.4) is 0 Å². The van der Waals surface area contributed by atoms with Crippen molar-refractivity contribution in [3.05, 3.63) is 83.8 Å². The minimum atomic E-state index is -0.451. The van der Waals surface area contributed by atoms with E-state index in [4.69, 9.17) is 14.8 Å². The van der Waals surface area contributed by atoms with Crippen LogP contribution in [0, 0.1) is 0 Å². The molecule has 2 aromatic carbocycles. The molecule has 3 aromatic heterocycles. The Morgan fingerprint density at radius 1 is 0.946 bits per heavy atom. The normalized spacial score (nSPS) is 18.5. The summed E-state index contributed by atoms with van der Waals surface area (Å²) in [7, 11) is 3.52. The van der Waals surface area contributed by atoms with Crippen LogP contribution in [0.2, 0.25) is 0 Å². The van der Waals surface area contributed by atoms with E-state index in [1.807, 2.05) is 37.5 Å². The summed E-state index contributed by atoms with van der Waals surface area (Å²) in [5.41, 5.74) is 9.21. The number of carbonyl (C=O) groups is 3. The SMILES string of the molecule is CNc1cc(N2CCc3c(-c4cc(CN5CCN(c6ccc(NC7CCC(=O)NC7=O)cc6OC)CC5)ccn4)cccc32)nn2c(C(=O)NC3CC3)cnc12. The minimum absolute atomic E-state index is 0.156. The second-order valence-electron chi connectivity index (χ2n) is 14.8. The van der Waals surface area contributed by atoms with Crippen molar-refractivity contribution in [2.24, 2.45) is 0 Å². The van der Waals surface area contributed by atoms with E-state index >= 15 is 0 Å². The highest BCUT2D eigenvalue weighted by molar-refractivity contribution is 6.01. The lowest BCUT2D eigenvalue weighted by molar-refractivity contribution is -0.133. The Morgan fingerprint density at radius 2 is 1.80 bits per heavy atom. The van der Waals surface area contributed by atoms with Gasteiger partial charge in [0.2, 0.25) is 11.8 Å². The number of methoxy groups -OCH3 is 1. The third-order valence-corrected chi connectivity index (χ3v) is 11.2. The van der Waals surface area contributed by atoms with Gasteiger partial charge in [0.15, 0.2) is 17.2 Å². The van der Waals surface area contributed by atoms with Gasteiger partial charge in [-0.2, -0.15) is 0 Å². The Hall–Kier alpha value is -6.22. The second kappa shape index (κ2) is 14.8. The van der Waals surface area contributed by atoms with E-state index in [9.17, 15) is 14.4 Å². The highest BCUT2D eigenvalue weighted by atomic mass is 16.5. The number of carbonyl (C=O) groups excluding carboxylic acids is 3. The summed E-state index contributed by atoms with van der Waals surface area (Å²) in [6.45, 7) is 5.03. The number of rotatable bonds is 11. The number of imide groups is 1. The van der Waals surface area contributed by atoms with Crippen LogP contribution in [-0.4, -0.2) is 101 Å². The van der Waals surface area contributed by atoms with Crippen LogP contribution in [-0.2, 0) is 22.6 Å². The van der Waals surface area contributed by atoms with Crippen molar-refractivity contribution in [1.82, 2.24) is 35.1 Å². The number of benzene rings is 2. The third kappa shape index (κ3) is 6.94. The number of nitrogens with one attached hydrogen (secondary N) is 4. The third-order valence-electron chi connectivity index (χ3n) is 11.2. The molecule has 0 spiro atoms. The molecule has 1 unspecified atom stereocenters. The first kappa shape index (κ1) is 35.5. The molecule has 288 valence electrons. The van der Waals surface area contributed by atoms with E-state index in [1.54, 1.807) is 17.8 Å². The molecular formula is C41H45N11O4. The van der Waals surface area contributed by atoms with E-state index in [0.717, 1.165) is 104 Å². The van der Waals surface area contributed by atoms with Gasteiger partial charge in [-0.25, -0.2) is 9.50 Å². The zero-order valence-electron chi connectivity index (χ0n) is 31.5. The lowest BCUT2D eigenvalue weighted by Crippen LogP contribution is -2.47. The number of fused-ring (bicyclic) bond motifs is 2. The summed E-state index contributed by atoms with van der Waals surface area (Å²) in [5.74, 6) is 0.801. The fourth-order valence-electron chi connectivity index (χ4n) is 8.01. The van der Waals surface area contributed by atoms with Gasteiger partial charge >= 0.3 is 0 Å². The van der Waals surface area contributed by atoms with Crippen molar-refractivity contribution >= 4 is 51.9 Å². The maximum atomic E-state index is 13.0. The smallest absolute Gasteiger partial charge is 0.271 e. The fraction of sp³-hybridized carbons (Fsp3) is 0.366. The summed E-state index contributed by atoms with van der Waals surface area (Å²) >= 11 is 0. The monoisotopic (exact) mass is 755 g/mol. The molecule has 15 heteroatoms. The standard InChI is InChI=1S/C41H45N11O4/c1-42-32-22-37(48-52-35(23-44-39(32)52)41(55)46-26-6-7-26)51-15-13-29-28(4-3-5-33(29)51)31-20-25(12-14-43-31)24-49-16-18-50(19-17-49)34-10-8-27(21-36(34)56-2)45-30-9-11-38(53)47-40(30)54/h3-5,8,10,12,14,20-23,26,30,42,45H,6-7,9,11,13,15-19,24H2,1-2H3,(H,46,55)(H,47,53,54). The molecule has 15 nitrogen and oxygen atoms in total. The molecule has 0 bridgehead atoms. The summed E-state index contributed by atoms with van der Waals surface area (Å²) in [5, 5.41) is 16.9. The van der Waals surface area contributed by atoms with E-state index < -0.39 is 6.04 Å². The van der Waals surface area contributed by atoms with E-state index in [-0.39, 0.29) is 23.8 Å². The number of ether oxygens (including phenoxy) is 1. The number of hydrogen-bond donors (Lipinski definition) is 4. The predicted octanol–water partition coefficient (Wildman–Crippen LogP) is 3.97. The van der Waals surface area contributed by atoms with Gasteiger partial charge < -0.3 is 30.5 Å².